The van der Waals surface area contributed by atoms with Gasteiger partial charge in [-0.25, -0.2) is 0 Å². The molecule has 0 fully saturated rings. The SMILES string of the molecule is CCN(Cc1nc(C(C)(C)N)no1)c1cccc(C)c1.Cl. The summed E-state index contributed by atoms with van der Waals surface area (Å²) in [6.45, 7) is 9.36. The highest BCUT2D eigenvalue weighted by atomic mass is 35.5. The fraction of sp³-hybridized carbons (Fsp3) is 0.467. The third-order valence-corrected chi connectivity index (χ3v) is 3.12. The third kappa shape index (κ3) is 4.44. The molecule has 0 atom stereocenters. The van der Waals surface area contributed by atoms with Gasteiger partial charge in [0.25, 0.3) is 0 Å². The zero-order valence-electron chi connectivity index (χ0n) is 13.0. The Morgan fingerprint density at radius 2 is 2.05 bits per heavy atom. The van der Waals surface area contributed by atoms with Crippen LogP contribution in [0.1, 0.15) is 38.0 Å². The second-order valence-electron chi connectivity index (χ2n) is 5.59. The zero-order chi connectivity index (χ0) is 14.8. The summed E-state index contributed by atoms with van der Waals surface area (Å²) in [5.74, 6) is 1.12. The summed E-state index contributed by atoms with van der Waals surface area (Å²) in [6, 6.07) is 8.36. The van der Waals surface area contributed by atoms with Gasteiger partial charge in [0.2, 0.25) is 5.89 Å². The van der Waals surface area contributed by atoms with E-state index < -0.39 is 5.54 Å². The van der Waals surface area contributed by atoms with Crippen LogP contribution < -0.4 is 10.6 Å². The van der Waals surface area contributed by atoms with Crippen LogP contribution in [0.15, 0.2) is 28.8 Å². The lowest BCUT2D eigenvalue weighted by Gasteiger charge is -2.21. The first kappa shape index (κ1) is 17.5. The van der Waals surface area contributed by atoms with Gasteiger partial charge in [-0.3, -0.25) is 0 Å². The second-order valence-corrected chi connectivity index (χ2v) is 5.59. The number of benzene rings is 1. The normalized spacial score (nSPS) is 11.1. The Morgan fingerprint density at radius 1 is 1.33 bits per heavy atom. The number of anilines is 1. The molecule has 1 heterocycles. The quantitative estimate of drug-likeness (QED) is 0.919. The van der Waals surface area contributed by atoms with Gasteiger partial charge in [0, 0.05) is 12.2 Å². The van der Waals surface area contributed by atoms with Crippen LogP contribution in [0.5, 0.6) is 0 Å². The maximum atomic E-state index is 5.97. The average Bonchev–Trinajstić information content (AvgIpc) is 2.84. The Kier molecular flexibility index (Phi) is 5.75. The molecule has 0 radical (unpaired) electrons. The van der Waals surface area contributed by atoms with Gasteiger partial charge in [0.15, 0.2) is 5.82 Å². The Labute approximate surface area is 131 Å². The van der Waals surface area contributed by atoms with E-state index in [4.69, 9.17) is 10.3 Å². The molecule has 2 aromatic rings. The molecule has 0 aliphatic carbocycles. The molecule has 1 aromatic carbocycles. The van der Waals surface area contributed by atoms with Crippen molar-refractivity contribution in [2.24, 2.45) is 5.73 Å². The largest absolute Gasteiger partial charge is 0.362 e. The van der Waals surface area contributed by atoms with E-state index in [0.29, 0.717) is 18.3 Å². The van der Waals surface area contributed by atoms with Crippen molar-refractivity contribution in [3.8, 4) is 0 Å². The van der Waals surface area contributed by atoms with Crippen LogP contribution >= 0.6 is 12.4 Å². The highest BCUT2D eigenvalue weighted by molar-refractivity contribution is 5.85. The number of hydrogen-bond donors (Lipinski definition) is 1. The van der Waals surface area contributed by atoms with Gasteiger partial charge < -0.3 is 15.2 Å². The van der Waals surface area contributed by atoms with Gasteiger partial charge >= 0.3 is 0 Å². The molecule has 6 heteroatoms. The van der Waals surface area contributed by atoms with E-state index in [1.807, 2.05) is 13.8 Å². The molecule has 1 aromatic heterocycles. The maximum Gasteiger partial charge on any atom is 0.246 e. The maximum absolute atomic E-state index is 5.97. The summed E-state index contributed by atoms with van der Waals surface area (Å²) < 4.78 is 5.29. The molecule has 0 aliphatic heterocycles. The monoisotopic (exact) mass is 310 g/mol. The van der Waals surface area contributed by atoms with E-state index >= 15 is 0 Å². The van der Waals surface area contributed by atoms with Crippen molar-refractivity contribution >= 4 is 18.1 Å². The molecule has 116 valence electrons. The van der Waals surface area contributed by atoms with E-state index in [9.17, 15) is 0 Å². The highest BCUT2D eigenvalue weighted by Crippen LogP contribution is 2.19. The minimum atomic E-state index is -0.581. The zero-order valence-corrected chi connectivity index (χ0v) is 13.8. The molecule has 0 spiro atoms. The van der Waals surface area contributed by atoms with Crippen molar-refractivity contribution in [3.05, 3.63) is 41.5 Å². The Morgan fingerprint density at radius 3 is 2.57 bits per heavy atom. The first-order valence-electron chi connectivity index (χ1n) is 6.83. The van der Waals surface area contributed by atoms with Crippen LogP contribution in [-0.4, -0.2) is 16.7 Å². The Balaban J connectivity index is 0.00000220. The van der Waals surface area contributed by atoms with Crippen LogP contribution in [0, 0.1) is 6.92 Å². The number of rotatable bonds is 5. The number of nitrogens with zero attached hydrogens (tertiary/aromatic N) is 3. The van der Waals surface area contributed by atoms with Crippen molar-refractivity contribution < 1.29 is 4.52 Å². The van der Waals surface area contributed by atoms with E-state index in [0.717, 1.165) is 12.2 Å². The van der Waals surface area contributed by atoms with Crippen molar-refractivity contribution in [2.75, 3.05) is 11.4 Å². The lowest BCUT2D eigenvalue weighted by molar-refractivity contribution is 0.359. The van der Waals surface area contributed by atoms with E-state index in [-0.39, 0.29) is 12.4 Å². The van der Waals surface area contributed by atoms with Crippen LogP contribution in [-0.2, 0) is 12.1 Å². The van der Waals surface area contributed by atoms with Crippen molar-refractivity contribution in [2.45, 2.75) is 39.8 Å². The van der Waals surface area contributed by atoms with Gasteiger partial charge in [-0.1, -0.05) is 17.3 Å². The van der Waals surface area contributed by atoms with Gasteiger partial charge in [-0.15, -0.1) is 12.4 Å². The molecule has 21 heavy (non-hydrogen) atoms. The molecule has 0 saturated carbocycles. The topological polar surface area (TPSA) is 68.2 Å². The third-order valence-electron chi connectivity index (χ3n) is 3.12. The Hall–Kier alpha value is -1.59. The van der Waals surface area contributed by atoms with Crippen molar-refractivity contribution in [1.82, 2.24) is 10.1 Å². The highest BCUT2D eigenvalue weighted by Gasteiger charge is 2.22. The van der Waals surface area contributed by atoms with Gasteiger partial charge in [0.05, 0.1) is 12.1 Å². The average molecular weight is 311 g/mol. The minimum absolute atomic E-state index is 0. The van der Waals surface area contributed by atoms with E-state index in [1.165, 1.54) is 5.56 Å². The summed E-state index contributed by atoms with van der Waals surface area (Å²) in [5.41, 5.74) is 7.77. The second kappa shape index (κ2) is 6.91. The molecule has 0 saturated heterocycles. The first-order valence-corrected chi connectivity index (χ1v) is 6.83. The summed E-state index contributed by atoms with van der Waals surface area (Å²) in [7, 11) is 0. The lowest BCUT2D eigenvalue weighted by Crippen LogP contribution is -2.30. The lowest BCUT2D eigenvalue weighted by atomic mass is 10.1. The fourth-order valence-electron chi connectivity index (χ4n) is 1.95. The molecular formula is C15H23ClN4O. The number of hydrogen-bond acceptors (Lipinski definition) is 5. The van der Waals surface area contributed by atoms with Gasteiger partial charge in [0.1, 0.15) is 0 Å². The van der Waals surface area contributed by atoms with E-state index in [2.05, 4.69) is 53.2 Å². The van der Waals surface area contributed by atoms with Crippen LogP contribution in [0.2, 0.25) is 0 Å². The predicted octanol–water partition coefficient (Wildman–Crippen LogP) is 3.02. The van der Waals surface area contributed by atoms with Crippen LogP contribution in [0.3, 0.4) is 0 Å². The smallest absolute Gasteiger partial charge is 0.246 e. The van der Waals surface area contributed by atoms with Crippen LogP contribution in [0.4, 0.5) is 5.69 Å². The van der Waals surface area contributed by atoms with E-state index in [1.54, 1.807) is 0 Å². The summed E-state index contributed by atoms with van der Waals surface area (Å²) in [4.78, 5) is 6.56. The first-order chi connectivity index (χ1) is 9.40. The molecule has 0 unspecified atom stereocenters. The van der Waals surface area contributed by atoms with Crippen LogP contribution in [0.25, 0.3) is 0 Å². The predicted molar refractivity (Wildman–Crippen MR) is 86.7 cm³/mol. The fourth-order valence-corrected chi connectivity index (χ4v) is 1.95. The summed E-state index contributed by atoms with van der Waals surface area (Å²) in [6.07, 6.45) is 0. The van der Waals surface area contributed by atoms with Crippen molar-refractivity contribution in [1.29, 1.82) is 0 Å². The molecule has 0 amide bonds. The summed E-state index contributed by atoms with van der Waals surface area (Å²) >= 11 is 0. The molecule has 5 nitrogen and oxygen atoms in total. The molecule has 2 N–H and O–H groups in total. The molecule has 0 aliphatic rings. The standard InChI is InChI=1S/C15H22N4O.ClH/c1-5-19(12-8-6-7-11(2)9-12)10-13-17-14(18-20-13)15(3,4)16;/h6-9H,5,10,16H2,1-4H3;1H. The number of aryl methyl sites for hydroxylation is 1. The molecular weight excluding hydrogens is 288 g/mol. The minimum Gasteiger partial charge on any atom is -0.362 e. The molecule has 0 bridgehead atoms. The van der Waals surface area contributed by atoms with Gasteiger partial charge in [-0.2, -0.15) is 4.98 Å². The van der Waals surface area contributed by atoms with Crippen molar-refractivity contribution in [3.63, 3.8) is 0 Å². The number of halogens is 1. The number of nitrogens with two attached hydrogens (primary N) is 1. The van der Waals surface area contributed by atoms with Gasteiger partial charge in [-0.05, 0) is 45.4 Å². The number of aromatic nitrogens is 2. The summed E-state index contributed by atoms with van der Waals surface area (Å²) in [5, 5.41) is 3.95. The Bertz CT molecular complexity index is 577. The molecule has 2 rings (SSSR count).